The first-order valence-electron chi connectivity index (χ1n) is 28.9. The zero-order valence-corrected chi connectivity index (χ0v) is 58.4. The molecule has 4 radical (unpaired) electrons. The van der Waals surface area contributed by atoms with E-state index < -0.39 is 0 Å². The van der Waals surface area contributed by atoms with Crippen LogP contribution in [0.2, 0.25) is 0 Å². The Morgan fingerprint density at radius 2 is 0.533 bits per heavy atom. The summed E-state index contributed by atoms with van der Waals surface area (Å²) < 4.78 is 7.87. The number of aromatic nitrogens is 8. The van der Waals surface area contributed by atoms with Gasteiger partial charge in [0.05, 0.1) is 22.8 Å². The molecule has 0 spiro atoms. The molecule has 0 atom stereocenters. The molecule has 4 heterocycles. The summed E-state index contributed by atoms with van der Waals surface area (Å²) >= 11 is 0. The van der Waals surface area contributed by atoms with Gasteiger partial charge >= 0.3 is 0 Å². The molecule has 0 fully saturated rings. The van der Waals surface area contributed by atoms with Crippen molar-refractivity contribution in [2.24, 2.45) is 0 Å². The number of para-hydroxylation sites is 1. The molecule has 0 saturated heterocycles. The van der Waals surface area contributed by atoms with Crippen LogP contribution in [0.1, 0.15) is 67.8 Å². The molecular formula is C78H72N8Rh4-4. The van der Waals surface area contributed by atoms with Crippen molar-refractivity contribution in [3.8, 4) is 78.4 Å². The third-order valence-corrected chi connectivity index (χ3v) is 14.9. The Morgan fingerprint density at radius 3 is 0.900 bits per heavy atom. The molecule has 0 aliphatic heterocycles. The Labute approximate surface area is 583 Å². The van der Waals surface area contributed by atoms with Gasteiger partial charge in [0, 0.05) is 101 Å². The molecule has 0 aliphatic rings. The zero-order valence-electron chi connectivity index (χ0n) is 51.8. The van der Waals surface area contributed by atoms with Crippen LogP contribution >= 0.6 is 0 Å². The van der Waals surface area contributed by atoms with Crippen molar-refractivity contribution < 1.29 is 77.9 Å². The van der Waals surface area contributed by atoms with Crippen LogP contribution in [-0.4, -0.2) is 39.1 Å². The molecule has 0 aliphatic carbocycles. The normalized spacial score (nSPS) is 10.3. The van der Waals surface area contributed by atoms with Crippen LogP contribution < -0.4 is 0 Å². The van der Waals surface area contributed by atoms with E-state index >= 15 is 0 Å². The monoisotopic (exact) mass is 1530 g/mol. The average Bonchev–Trinajstić information content (AvgIpc) is 2.39. The maximum atomic E-state index is 4.61. The van der Waals surface area contributed by atoms with Gasteiger partial charge in [0.15, 0.2) is 0 Å². The predicted molar refractivity (Wildman–Crippen MR) is 357 cm³/mol. The molecule has 0 amide bonds. The van der Waals surface area contributed by atoms with E-state index in [1.165, 1.54) is 50.1 Å². The van der Waals surface area contributed by atoms with E-state index in [0.717, 1.165) is 96.1 Å². The fourth-order valence-corrected chi connectivity index (χ4v) is 10.8. The van der Waals surface area contributed by atoms with Crippen molar-refractivity contribution in [1.82, 2.24) is 39.1 Å². The molecule has 12 heteroatoms. The van der Waals surface area contributed by atoms with E-state index in [1.807, 2.05) is 101 Å². The van der Waals surface area contributed by atoms with Crippen LogP contribution in [0.25, 0.3) is 78.4 Å². The number of rotatable bonds is 9. The molecule has 9 aromatic carbocycles. The van der Waals surface area contributed by atoms with Gasteiger partial charge in [-0.3, -0.25) is 18.7 Å². The van der Waals surface area contributed by atoms with Crippen molar-refractivity contribution in [2.75, 3.05) is 0 Å². The molecule has 4 aromatic heterocycles. The summed E-state index contributed by atoms with van der Waals surface area (Å²) in [7, 11) is 0. The standard InChI is InChI=1S/C24H21N2.3C18H17N2.4Rh/c1-17-9-10-23(16-24(17)26-19(3)15-18(2)25-26)22-13-11-21(12-14-22)20-7-5-4-6-8-20;1-13-8-7-11-17(16-9-5-4-6-10-16)18(13)20-15(3)12-14(2)19-20;1-13-11-17(16-7-5-4-6-8-16)9-10-18(13)20-15(3)12-14(2)19-20;1-13-9-10-17(16-7-5-4-6-8-16)12-18(13)20-15(3)11-14(2)19-20;;;;/h4-16H,1H2,2-3H3;3*4-12H,1H2,2-3H3;;;;/q4*-1;;;;. The molecule has 0 bridgehead atoms. The van der Waals surface area contributed by atoms with Crippen LogP contribution in [0, 0.1) is 83.1 Å². The Morgan fingerprint density at radius 1 is 0.233 bits per heavy atom. The van der Waals surface area contributed by atoms with Gasteiger partial charge in [0.1, 0.15) is 0 Å². The smallest absolute Gasteiger partial charge is 0.0588 e. The van der Waals surface area contributed by atoms with Crippen LogP contribution in [0.15, 0.2) is 243 Å². The Bertz CT molecular complexity index is 4410. The van der Waals surface area contributed by atoms with E-state index in [9.17, 15) is 0 Å². The Hall–Kier alpha value is -8.21. The second-order valence-corrected chi connectivity index (χ2v) is 21.7. The van der Waals surface area contributed by atoms with E-state index in [0.29, 0.717) is 0 Å². The van der Waals surface area contributed by atoms with Gasteiger partial charge in [-0.25, -0.2) is 0 Å². The maximum absolute atomic E-state index is 4.61. The fraction of sp³-hybridized carbons (Fsp3) is 0.103. The van der Waals surface area contributed by atoms with Crippen molar-refractivity contribution in [3.63, 3.8) is 0 Å². The number of hydrogen-bond acceptors (Lipinski definition) is 4. The first kappa shape index (κ1) is 70.9. The molecule has 0 N–H and O–H groups in total. The van der Waals surface area contributed by atoms with Gasteiger partial charge in [-0.05, 0) is 152 Å². The fourth-order valence-electron chi connectivity index (χ4n) is 10.8. The van der Waals surface area contributed by atoms with Gasteiger partial charge in [-0.15, -0.1) is 18.2 Å². The van der Waals surface area contributed by atoms with Crippen LogP contribution in [-0.2, 0) is 77.9 Å². The summed E-state index contributed by atoms with van der Waals surface area (Å²) in [5.74, 6) is 0. The van der Waals surface area contributed by atoms with Crippen LogP contribution in [0.3, 0.4) is 0 Å². The molecule has 90 heavy (non-hydrogen) atoms. The number of benzene rings is 9. The van der Waals surface area contributed by atoms with Crippen LogP contribution in [0.4, 0.5) is 0 Å². The molecular weight excluding hydrogens is 1460 g/mol. The number of hydrogen-bond donors (Lipinski definition) is 0. The summed E-state index contributed by atoms with van der Waals surface area (Å²) in [5, 5.41) is 18.3. The molecule has 13 aromatic rings. The van der Waals surface area contributed by atoms with Gasteiger partial charge in [-0.1, -0.05) is 181 Å². The summed E-state index contributed by atoms with van der Waals surface area (Å²) in [4.78, 5) is 0. The Kier molecular flexibility index (Phi) is 25.6. The quantitative estimate of drug-likeness (QED) is 0.107. The number of nitrogens with zero attached hydrogens (tertiary/aromatic N) is 8. The minimum Gasteiger partial charge on any atom is -0.291 e. The second-order valence-electron chi connectivity index (χ2n) is 21.7. The van der Waals surface area contributed by atoms with Crippen molar-refractivity contribution in [1.29, 1.82) is 0 Å². The van der Waals surface area contributed by atoms with Gasteiger partial charge in [0.2, 0.25) is 0 Å². The van der Waals surface area contributed by atoms with Crippen molar-refractivity contribution in [2.45, 2.75) is 55.4 Å². The predicted octanol–water partition coefficient (Wildman–Crippen LogP) is 19.0. The zero-order chi connectivity index (χ0) is 60.4. The van der Waals surface area contributed by atoms with Gasteiger partial charge in [-0.2, -0.15) is 94.6 Å². The maximum Gasteiger partial charge on any atom is 0.0588 e. The van der Waals surface area contributed by atoms with E-state index in [2.05, 4.69) is 264 Å². The average molecular weight is 1530 g/mol. The molecule has 8 nitrogen and oxygen atoms in total. The topological polar surface area (TPSA) is 71.3 Å². The van der Waals surface area contributed by atoms with E-state index in [-0.39, 0.29) is 77.9 Å². The van der Waals surface area contributed by atoms with Gasteiger partial charge < -0.3 is 0 Å². The van der Waals surface area contributed by atoms with Crippen LogP contribution in [0.5, 0.6) is 0 Å². The summed E-state index contributed by atoms with van der Waals surface area (Å²) in [6.07, 6.45) is 0. The third kappa shape index (κ3) is 17.0. The number of aryl methyl sites for hydroxylation is 8. The van der Waals surface area contributed by atoms with Gasteiger partial charge in [0.25, 0.3) is 0 Å². The summed E-state index contributed by atoms with van der Waals surface area (Å²) in [6.45, 7) is 32.9. The first-order valence-corrected chi connectivity index (χ1v) is 28.9. The summed E-state index contributed by atoms with van der Waals surface area (Å²) in [5.41, 5.74) is 28.6. The molecule has 13 rings (SSSR count). The third-order valence-electron chi connectivity index (χ3n) is 14.9. The second kappa shape index (κ2) is 32.5. The largest absolute Gasteiger partial charge is 0.291 e. The minimum atomic E-state index is 0. The molecule has 0 unspecified atom stereocenters. The Balaban J connectivity index is 0.000000189. The first-order chi connectivity index (χ1) is 41.6. The minimum absolute atomic E-state index is 0. The van der Waals surface area contributed by atoms with E-state index in [4.69, 9.17) is 0 Å². The van der Waals surface area contributed by atoms with Crippen molar-refractivity contribution in [3.05, 3.63) is 338 Å². The van der Waals surface area contributed by atoms with E-state index in [1.54, 1.807) is 0 Å². The summed E-state index contributed by atoms with van der Waals surface area (Å²) in [6, 6.07) is 83.7. The molecule has 0 saturated carbocycles. The van der Waals surface area contributed by atoms with Crippen molar-refractivity contribution >= 4 is 0 Å². The molecule has 464 valence electrons. The SMILES string of the molecule is [CH2-]c1cc(-c2ccccc2)ccc1-n1nc(C)cc1C.[CH2-]c1ccc(-c2ccc(-c3ccccc3)cc2)cc1-n1nc(C)cc1C.[CH2-]c1ccc(-c2ccccc2)cc1-n1nc(C)cc1C.[CH2-]c1cccc(-c2ccccc2)c1-n1nc(C)cc1C.[Rh].[Rh].[Rh].[Rh].